The summed E-state index contributed by atoms with van der Waals surface area (Å²) in [7, 11) is 0. The Kier molecular flexibility index (Phi) is 3.68. The average molecular weight is 290 g/mol. The number of nitrogens with two attached hydrogens (primary N) is 1. The van der Waals surface area contributed by atoms with Gasteiger partial charge in [0.25, 0.3) is 0 Å². The molecule has 0 fully saturated rings. The van der Waals surface area contributed by atoms with E-state index in [1.165, 1.54) is 6.92 Å². The van der Waals surface area contributed by atoms with Gasteiger partial charge in [0.2, 0.25) is 0 Å². The van der Waals surface area contributed by atoms with Crippen LogP contribution < -0.4 is 9.26 Å². The van der Waals surface area contributed by atoms with Crippen LogP contribution in [0.5, 0.6) is 0 Å². The van der Waals surface area contributed by atoms with E-state index in [1.54, 1.807) is 0 Å². The standard InChI is InChI=1S/C9H11IN2O/c1-6(13)9(11)7-2-4-8(12-10)5-3-7/h2-5,9,12H,11H2,1H3. The van der Waals surface area contributed by atoms with E-state index in [1.807, 2.05) is 47.1 Å². The Morgan fingerprint density at radius 3 is 2.38 bits per heavy atom. The van der Waals surface area contributed by atoms with Gasteiger partial charge in [-0.05, 0) is 24.6 Å². The molecule has 0 aliphatic rings. The minimum atomic E-state index is -0.497. The van der Waals surface area contributed by atoms with E-state index in [4.69, 9.17) is 5.73 Å². The molecule has 0 aliphatic carbocycles. The van der Waals surface area contributed by atoms with Crippen LogP contribution in [-0.4, -0.2) is 5.78 Å². The van der Waals surface area contributed by atoms with Crippen molar-refractivity contribution < 1.29 is 4.79 Å². The number of nitrogens with one attached hydrogen (secondary N) is 1. The van der Waals surface area contributed by atoms with Crippen molar-refractivity contribution in [2.45, 2.75) is 13.0 Å². The van der Waals surface area contributed by atoms with E-state index in [0.29, 0.717) is 0 Å². The monoisotopic (exact) mass is 290 g/mol. The zero-order valence-electron chi connectivity index (χ0n) is 7.25. The van der Waals surface area contributed by atoms with Crippen LogP contribution in [0.1, 0.15) is 18.5 Å². The summed E-state index contributed by atoms with van der Waals surface area (Å²) in [5.41, 5.74) is 7.51. The van der Waals surface area contributed by atoms with Gasteiger partial charge in [0, 0.05) is 5.69 Å². The van der Waals surface area contributed by atoms with Crippen LogP contribution in [0.3, 0.4) is 0 Å². The molecule has 1 unspecified atom stereocenters. The lowest BCUT2D eigenvalue weighted by atomic mass is 10.0. The number of benzene rings is 1. The van der Waals surface area contributed by atoms with E-state index in [-0.39, 0.29) is 5.78 Å². The zero-order valence-corrected chi connectivity index (χ0v) is 9.41. The molecule has 0 amide bonds. The molecule has 3 nitrogen and oxygen atoms in total. The van der Waals surface area contributed by atoms with Crippen LogP contribution in [0.2, 0.25) is 0 Å². The second-order valence-corrected chi connectivity index (χ2v) is 3.34. The normalized spacial score (nSPS) is 12.2. The fourth-order valence-electron chi connectivity index (χ4n) is 0.988. The van der Waals surface area contributed by atoms with Gasteiger partial charge in [-0.3, -0.25) is 4.79 Å². The highest BCUT2D eigenvalue weighted by molar-refractivity contribution is 14.1. The van der Waals surface area contributed by atoms with Crippen LogP contribution >= 0.6 is 22.9 Å². The molecule has 0 bridgehead atoms. The van der Waals surface area contributed by atoms with Gasteiger partial charge in [-0.25, -0.2) is 0 Å². The number of anilines is 1. The quantitative estimate of drug-likeness (QED) is 0.661. The van der Waals surface area contributed by atoms with Crippen LogP contribution in [0.25, 0.3) is 0 Å². The SMILES string of the molecule is CC(=O)C(N)c1ccc(NI)cc1. The van der Waals surface area contributed by atoms with E-state index in [9.17, 15) is 4.79 Å². The molecule has 1 rings (SSSR count). The molecule has 0 radical (unpaired) electrons. The van der Waals surface area contributed by atoms with Crippen LogP contribution in [0, 0.1) is 0 Å². The first-order chi connectivity index (χ1) is 6.15. The van der Waals surface area contributed by atoms with Crippen molar-refractivity contribution in [2.24, 2.45) is 5.73 Å². The Morgan fingerprint density at radius 2 is 2.00 bits per heavy atom. The topological polar surface area (TPSA) is 55.1 Å². The number of hydrogen-bond acceptors (Lipinski definition) is 3. The molecule has 4 heteroatoms. The number of ketones is 1. The molecule has 13 heavy (non-hydrogen) atoms. The Morgan fingerprint density at radius 1 is 1.46 bits per heavy atom. The van der Waals surface area contributed by atoms with Gasteiger partial charge in [0.15, 0.2) is 5.78 Å². The lowest BCUT2D eigenvalue weighted by Gasteiger charge is -2.08. The Balaban J connectivity index is 2.85. The molecule has 0 aliphatic heterocycles. The van der Waals surface area contributed by atoms with Crippen molar-refractivity contribution in [3.05, 3.63) is 29.8 Å². The molecular weight excluding hydrogens is 279 g/mol. The van der Waals surface area contributed by atoms with E-state index >= 15 is 0 Å². The minimum absolute atomic E-state index is 0.0183. The molecule has 70 valence electrons. The second kappa shape index (κ2) is 4.57. The fraction of sp³-hybridized carbons (Fsp3) is 0.222. The summed E-state index contributed by atoms with van der Waals surface area (Å²) in [4.78, 5) is 11.0. The van der Waals surface area contributed by atoms with Crippen molar-refractivity contribution in [1.29, 1.82) is 0 Å². The van der Waals surface area contributed by atoms with Crippen LogP contribution in [0.15, 0.2) is 24.3 Å². The van der Waals surface area contributed by atoms with Crippen molar-refractivity contribution in [2.75, 3.05) is 3.53 Å². The summed E-state index contributed by atoms with van der Waals surface area (Å²) < 4.78 is 2.97. The van der Waals surface area contributed by atoms with Crippen molar-refractivity contribution in [3.8, 4) is 0 Å². The number of carbonyl (C=O) groups excluding carboxylic acids is 1. The van der Waals surface area contributed by atoms with Crippen LogP contribution in [0.4, 0.5) is 5.69 Å². The number of Topliss-reactive ketones (excluding diaryl/α,β-unsaturated/α-hetero) is 1. The largest absolute Gasteiger partial charge is 0.328 e. The molecule has 0 heterocycles. The van der Waals surface area contributed by atoms with Gasteiger partial charge in [-0.2, -0.15) is 0 Å². The molecule has 1 aromatic rings. The number of rotatable bonds is 3. The highest BCUT2D eigenvalue weighted by Crippen LogP contribution is 2.15. The minimum Gasteiger partial charge on any atom is -0.328 e. The first-order valence-electron chi connectivity index (χ1n) is 3.88. The summed E-state index contributed by atoms with van der Waals surface area (Å²) in [5, 5.41) is 0. The third-order valence-electron chi connectivity index (χ3n) is 1.82. The molecule has 1 atom stereocenters. The molecule has 0 saturated carbocycles. The van der Waals surface area contributed by atoms with Crippen molar-refractivity contribution >= 4 is 34.3 Å². The Hall–Kier alpha value is -0.620. The van der Waals surface area contributed by atoms with Gasteiger partial charge >= 0.3 is 0 Å². The Labute approximate surface area is 91.2 Å². The molecule has 0 saturated heterocycles. The molecular formula is C9H11IN2O. The maximum absolute atomic E-state index is 11.0. The summed E-state index contributed by atoms with van der Waals surface area (Å²) in [5.74, 6) is -0.0183. The average Bonchev–Trinajstić information content (AvgIpc) is 2.17. The van der Waals surface area contributed by atoms with E-state index < -0.39 is 6.04 Å². The van der Waals surface area contributed by atoms with Gasteiger partial charge in [0.1, 0.15) is 0 Å². The predicted octanol–water partition coefficient (Wildman–Crippen LogP) is 2.04. The predicted molar refractivity (Wildman–Crippen MR) is 61.7 cm³/mol. The fourth-order valence-corrected chi connectivity index (χ4v) is 1.35. The van der Waals surface area contributed by atoms with E-state index in [2.05, 4.69) is 3.53 Å². The zero-order chi connectivity index (χ0) is 9.84. The van der Waals surface area contributed by atoms with Gasteiger partial charge in [0.05, 0.1) is 28.9 Å². The summed E-state index contributed by atoms with van der Waals surface area (Å²) in [6.07, 6.45) is 0. The van der Waals surface area contributed by atoms with Crippen molar-refractivity contribution in [1.82, 2.24) is 0 Å². The van der Waals surface area contributed by atoms with E-state index in [0.717, 1.165) is 11.3 Å². The van der Waals surface area contributed by atoms with Gasteiger partial charge in [-0.15, -0.1) is 0 Å². The van der Waals surface area contributed by atoms with Crippen molar-refractivity contribution in [3.63, 3.8) is 0 Å². The Bertz CT molecular complexity index is 297. The second-order valence-electron chi connectivity index (χ2n) is 2.80. The first-order valence-corrected chi connectivity index (χ1v) is 4.95. The highest BCUT2D eigenvalue weighted by Gasteiger charge is 2.09. The maximum Gasteiger partial charge on any atom is 0.150 e. The summed E-state index contributed by atoms with van der Waals surface area (Å²) in [6.45, 7) is 1.50. The number of carbonyl (C=O) groups is 1. The van der Waals surface area contributed by atoms with Gasteiger partial charge in [-0.1, -0.05) is 12.1 Å². The number of halogens is 1. The van der Waals surface area contributed by atoms with Crippen LogP contribution in [-0.2, 0) is 4.79 Å². The smallest absolute Gasteiger partial charge is 0.150 e. The highest BCUT2D eigenvalue weighted by atomic mass is 127. The molecule has 3 N–H and O–H groups in total. The number of hydrogen-bond donors (Lipinski definition) is 2. The summed E-state index contributed by atoms with van der Waals surface area (Å²) in [6, 6.07) is 7.00. The lowest BCUT2D eigenvalue weighted by molar-refractivity contribution is -0.118. The lowest BCUT2D eigenvalue weighted by Crippen LogP contribution is -2.18. The maximum atomic E-state index is 11.0. The molecule has 0 spiro atoms. The molecule has 1 aromatic carbocycles. The van der Waals surface area contributed by atoms with Gasteiger partial charge < -0.3 is 9.26 Å². The molecule has 0 aromatic heterocycles. The third-order valence-corrected chi connectivity index (χ3v) is 2.44. The third kappa shape index (κ3) is 2.67. The summed E-state index contributed by atoms with van der Waals surface area (Å²) >= 11 is 2.05. The first kappa shape index (κ1) is 10.5.